The maximum absolute atomic E-state index is 11.7. The second kappa shape index (κ2) is 9.06. The minimum absolute atomic E-state index is 0.181. The van der Waals surface area contributed by atoms with Gasteiger partial charge in [-0.2, -0.15) is 0 Å². The molecule has 1 aromatic rings. The highest BCUT2D eigenvalue weighted by molar-refractivity contribution is 6.71. The third-order valence-corrected chi connectivity index (χ3v) is 6.75. The molecular formula is C24H37BO. The molecule has 0 spiro atoms. The van der Waals surface area contributed by atoms with Crippen LogP contribution in [-0.4, -0.2) is 12.5 Å². The summed E-state index contributed by atoms with van der Waals surface area (Å²) in [7, 11) is 0. The molecule has 1 aromatic carbocycles. The maximum atomic E-state index is 11.7. The van der Waals surface area contributed by atoms with Crippen molar-refractivity contribution >= 4 is 18.0 Å². The number of ketones is 1. The van der Waals surface area contributed by atoms with Crippen LogP contribution in [0.25, 0.3) is 0 Å². The lowest BCUT2D eigenvalue weighted by Gasteiger charge is -2.29. The third kappa shape index (κ3) is 4.90. The zero-order valence-corrected chi connectivity index (χ0v) is 18.0. The van der Waals surface area contributed by atoms with E-state index in [1.165, 1.54) is 18.3 Å². The van der Waals surface area contributed by atoms with Gasteiger partial charge in [0.2, 0.25) is 0 Å². The number of rotatable bonds is 5. The van der Waals surface area contributed by atoms with Gasteiger partial charge in [-0.25, -0.2) is 0 Å². The van der Waals surface area contributed by atoms with Crippen molar-refractivity contribution in [3.05, 3.63) is 40.5 Å². The molecule has 142 valence electrons. The lowest BCUT2D eigenvalue weighted by atomic mass is 9.47. The summed E-state index contributed by atoms with van der Waals surface area (Å²) in [5, 5.41) is 0. The van der Waals surface area contributed by atoms with Crippen molar-refractivity contribution in [1.29, 1.82) is 0 Å². The van der Waals surface area contributed by atoms with Crippen molar-refractivity contribution in [2.45, 2.75) is 86.3 Å². The molecule has 3 atom stereocenters. The number of allylic oxidation sites excluding steroid dienone is 2. The molecule has 3 unspecified atom stereocenters. The molecule has 0 aromatic heterocycles. The average Bonchev–Trinajstić information content (AvgIpc) is 2.64. The van der Waals surface area contributed by atoms with Crippen LogP contribution in [0.1, 0.15) is 77.3 Å². The summed E-state index contributed by atoms with van der Waals surface area (Å²) in [6.07, 6.45) is 5.64. The lowest BCUT2D eigenvalue weighted by Crippen LogP contribution is -2.31. The predicted molar refractivity (Wildman–Crippen MR) is 116 cm³/mol. The first-order valence-electron chi connectivity index (χ1n) is 10.5. The Morgan fingerprint density at radius 2 is 1.88 bits per heavy atom. The Labute approximate surface area is 161 Å². The average molecular weight is 352 g/mol. The van der Waals surface area contributed by atoms with Crippen molar-refractivity contribution in [2.75, 3.05) is 0 Å². The molecule has 0 radical (unpaired) electrons. The zero-order valence-electron chi connectivity index (χ0n) is 18.0. The Morgan fingerprint density at radius 1 is 1.19 bits per heavy atom. The van der Waals surface area contributed by atoms with Gasteiger partial charge in [0.15, 0.2) is 6.71 Å². The summed E-state index contributed by atoms with van der Waals surface area (Å²) in [6, 6.07) is 6.93. The number of aryl methyl sites for hydroxylation is 1. The zero-order chi connectivity index (χ0) is 19.4. The molecule has 0 saturated carbocycles. The van der Waals surface area contributed by atoms with Gasteiger partial charge in [-0.05, 0) is 75.8 Å². The van der Waals surface area contributed by atoms with Gasteiger partial charge in [0.05, 0.1) is 0 Å². The van der Waals surface area contributed by atoms with Gasteiger partial charge in [0.25, 0.3) is 0 Å². The summed E-state index contributed by atoms with van der Waals surface area (Å²) in [5.41, 5.74) is 7.80. The Morgan fingerprint density at radius 3 is 2.50 bits per heavy atom. The van der Waals surface area contributed by atoms with Crippen LogP contribution in [-0.2, 0) is 11.2 Å². The Kier molecular flexibility index (Phi) is 7.32. The molecule has 1 aliphatic rings. The van der Waals surface area contributed by atoms with Gasteiger partial charge < -0.3 is 0 Å². The van der Waals surface area contributed by atoms with Crippen LogP contribution in [0.4, 0.5) is 0 Å². The lowest BCUT2D eigenvalue weighted by molar-refractivity contribution is -0.120. The molecule has 0 bridgehead atoms. The maximum Gasteiger partial charge on any atom is 0.169 e. The number of carbonyl (C=O) groups is 1. The molecule has 2 rings (SSSR count). The van der Waals surface area contributed by atoms with Crippen molar-refractivity contribution in [3.8, 4) is 0 Å². The molecule has 0 heterocycles. The van der Waals surface area contributed by atoms with Crippen LogP contribution < -0.4 is 5.46 Å². The molecule has 0 amide bonds. The monoisotopic (exact) mass is 352 g/mol. The summed E-state index contributed by atoms with van der Waals surface area (Å²) in [4.78, 5) is 11.7. The van der Waals surface area contributed by atoms with E-state index in [-0.39, 0.29) is 5.92 Å². The van der Waals surface area contributed by atoms with Gasteiger partial charge in [-0.3, -0.25) is 4.79 Å². The van der Waals surface area contributed by atoms with E-state index in [2.05, 4.69) is 59.5 Å². The van der Waals surface area contributed by atoms with Gasteiger partial charge >= 0.3 is 0 Å². The van der Waals surface area contributed by atoms with E-state index in [0.29, 0.717) is 24.3 Å². The molecule has 1 aliphatic carbocycles. The van der Waals surface area contributed by atoms with Crippen LogP contribution in [0.2, 0.25) is 13.6 Å². The highest BCUT2D eigenvalue weighted by atomic mass is 16.1. The van der Waals surface area contributed by atoms with E-state index in [1.54, 1.807) is 29.2 Å². The number of hydrogen-bond acceptors (Lipinski definition) is 1. The normalized spacial score (nSPS) is 24.9. The third-order valence-electron chi connectivity index (χ3n) is 6.75. The Balaban J connectivity index is 2.43. The van der Waals surface area contributed by atoms with Crippen LogP contribution in [0, 0.1) is 11.8 Å². The summed E-state index contributed by atoms with van der Waals surface area (Å²) in [6.45, 7) is 16.1. The first-order chi connectivity index (χ1) is 12.2. The molecule has 0 saturated heterocycles. The highest BCUT2D eigenvalue weighted by Gasteiger charge is 2.27. The van der Waals surface area contributed by atoms with Gasteiger partial charge in [-0.15, -0.1) is 0 Å². The fraction of sp³-hybridized carbons (Fsp3) is 0.625. The molecule has 0 N–H and O–H groups in total. The van der Waals surface area contributed by atoms with Gasteiger partial charge in [0, 0.05) is 5.92 Å². The molecular weight excluding hydrogens is 315 g/mol. The Bertz CT molecular complexity index is 671. The molecule has 1 nitrogen and oxygen atoms in total. The second-order valence-electron chi connectivity index (χ2n) is 8.98. The SMILES string of the molecule is CB(C)c1cccc2c1C(C)C(CCC(C)C(C)=O)C/C(C)=C(/C)CC2. The molecule has 0 aliphatic heterocycles. The second-order valence-corrected chi connectivity index (χ2v) is 8.98. The topological polar surface area (TPSA) is 17.1 Å². The molecule has 26 heavy (non-hydrogen) atoms. The van der Waals surface area contributed by atoms with E-state index < -0.39 is 0 Å². The number of Topliss-reactive ketones (excluding diaryl/α,β-unsaturated/α-hetero) is 1. The van der Waals surface area contributed by atoms with Crippen LogP contribution in [0.5, 0.6) is 0 Å². The quantitative estimate of drug-likeness (QED) is 0.466. The van der Waals surface area contributed by atoms with Crippen molar-refractivity contribution < 1.29 is 4.79 Å². The first-order valence-corrected chi connectivity index (χ1v) is 10.5. The summed E-state index contributed by atoms with van der Waals surface area (Å²) >= 11 is 0. The molecule has 2 heteroatoms. The van der Waals surface area contributed by atoms with E-state index in [9.17, 15) is 4.79 Å². The van der Waals surface area contributed by atoms with Crippen LogP contribution >= 0.6 is 0 Å². The Hall–Kier alpha value is -1.31. The highest BCUT2D eigenvalue weighted by Crippen LogP contribution is 2.37. The minimum atomic E-state index is 0.181. The smallest absolute Gasteiger partial charge is 0.169 e. The van der Waals surface area contributed by atoms with Crippen molar-refractivity contribution in [3.63, 3.8) is 0 Å². The number of benzene rings is 1. The first kappa shape index (κ1) is 21.0. The predicted octanol–water partition coefficient (Wildman–Crippen LogP) is 6.05. The van der Waals surface area contributed by atoms with Crippen molar-refractivity contribution in [2.24, 2.45) is 11.8 Å². The van der Waals surface area contributed by atoms with Gasteiger partial charge in [-0.1, -0.05) is 62.3 Å². The summed E-state index contributed by atoms with van der Waals surface area (Å²) < 4.78 is 0. The fourth-order valence-corrected chi connectivity index (χ4v) is 4.44. The van der Waals surface area contributed by atoms with E-state index in [4.69, 9.17) is 0 Å². The molecule has 0 fully saturated rings. The summed E-state index contributed by atoms with van der Waals surface area (Å²) in [5.74, 6) is 1.67. The van der Waals surface area contributed by atoms with Crippen molar-refractivity contribution in [1.82, 2.24) is 0 Å². The number of fused-ring (bicyclic) bond motifs is 1. The standard InChI is InChI=1S/C24H37BO/c1-16-11-13-21-9-8-10-23(25(6)7)24(21)19(4)22(15-18(16)3)14-12-17(2)20(5)26/h8-10,17,19,22H,11-15H2,1-7H3/b18-16-. The fourth-order valence-electron chi connectivity index (χ4n) is 4.44. The number of hydrogen-bond donors (Lipinski definition) is 0. The van der Waals surface area contributed by atoms with Crippen LogP contribution in [0.15, 0.2) is 29.3 Å². The van der Waals surface area contributed by atoms with E-state index >= 15 is 0 Å². The largest absolute Gasteiger partial charge is 0.300 e. The van der Waals surface area contributed by atoms with Crippen LogP contribution in [0.3, 0.4) is 0 Å². The van der Waals surface area contributed by atoms with E-state index in [0.717, 1.165) is 19.3 Å². The minimum Gasteiger partial charge on any atom is -0.300 e. The van der Waals surface area contributed by atoms with E-state index in [1.807, 2.05) is 0 Å². The number of carbonyl (C=O) groups excluding carboxylic acids is 1. The van der Waals surface area contributed by atoms with Gasteiger partial charge in [0.1, 0.15) is 5.78 Å².